The Kier molecular flexibility index (Phi) is 6.16. The second-order valence-electron chi connectivity index (χ2n) is 9.39. The van der Waals surface area contributed by atoms with Crippen molar-refractivity contribution in [3.63, 3.8) is 0 Å². The van der Waals surface area contributed by atoms with Gasteiger partial charge in [0.25, 0.3) is 5.91 Å². The van der Waals surface area contributed by atoms with Crippen molar-refractivity contribution in [1.82, 2.24) is 29.5 Å². The third-order valence-electron chi connectivity index (χ3n) is 7.22. The number of hydrogen-bond donors (Lipinski definition) is 2. The monoisotopic (exact) mass is 484 g/mol. The topological polar surface area (TPSA) is 83.2 Å². The number of nitrogens with one attached hydrogen (secondary N) is 2. The molecule has 2 aliphatic heterocycles. The number of rotatable bonds is 7. The number of pyridine rings is 1. The molecule has 0 aliphatic carbocycles. The minimum atomic E-state index is -0.0358. The number of aromatic nitrogens is 4. The zero-order valence-electron chi connectivity index (χ0n) is 20.7. The Morgan fingerprint density at radius 1 is 1.06 bits per heavy atom. The van der Waals surface area contributed by atoms with Crippen LogP contribution in [-0.2, 0) is 19.5 Å². The number of carbonyl (C=O) groups is 1. The number of nitrogens with zero attached hydrogens (tertiary/aromatic N) is 6. The minimum Gasteiger partial charge on any atom is -0.348 e. The van der Waals surface area contributed by atoms with Gasteiger partial charge in [-0.25, -0.2) is 4.98 Å². The van der Waals surface area contributed by atoms with Crippen molar-refractivity contribution in [2.45, 2.75) is 26.4 Å². The zero-order valence-corrected chi connectivity index (χ0v) is 20.7. The van der Waals surface area contributed by atoms with Gasteiger partial charge < -0.3 is 15.2 Å². The molecule has 4 aromatic rings. The highest BCUT2D eigenvalue weighted by atomic mass is 16.2. The molecule has 9 nitrogen and oxygen atoms in total. The second-order valence-corrected chi connectivity index (χ2v) is 9.39. The number of amides is 1. The summed E-state index contributed by atoms with van der Waals surface area (Å²) in [5.41, 5.74) is 3.85. The molecule has 0 atom stereocenters. The van der Waals surface area contributed by atoms with E-state index in [0.29, 0.717) is 24.6 Å². The van der Waals surface area contributed by atoms with E-state index in [2.05, 4.69) is 62.5 Å². The molecule has 0 saturated carbocycles. The van der Waals surface area contributed by atoms with Gasteiger partial charge in [-0.2, -0.15) is 5.10 Å². The fraction of sp³-hybridized carbons (Fsp3) is 0.370. The Labute approximate surface area is 210 Å². The summed E-state index contributed by atoms with van der Waals surface area (Å²) in [5.74, 6) is 1.42. The van der Waals surface area contributed by atoms with Crippen molar-refractivity contribution in [3.05, 3.63) is 66.1 Å². The maximum Gasteiger partial charge on any atom is 0.278 e. The molecule has 1 amide bonds. The van der Waals surface area contributed by atoms with Crippen LogP contribution < -0.4 is 15.5 Å². The lowest BCUT2D eigenvalue weighted by atomic mass is 10.1. The lowest BCUT2D eigenvalue weighted by Crippen LogP contribution is -2.45. The van der Waals surface area contributed by atoms with E-state index in [-0.39, 0.29) is 5.91 Å². The van der Waals surface area contributed by atoms with Gasteiger partial charge in [0.1, 0.15) is 11.5 Å². The van der Waals surface area contributed by atoms with E-state index >= 15 is 0 Å². The Hall–Kier alpha value is -3.69. The molecule has 2 N–H and O–H groups in total. The van der Waals surface area contributed by atoms with E-state index in [1.165, 1.54) is 10.9 Å². The molecule has 0 unspecified atom stereocenters. The van der Waals surface area contributed by atoms with Crippen molar-refractivity contribution in [3.8, 4) is 0 Å². The van der Waals surface area contributed by atoms with Crippen LogP contribution in [0.15, 0.2) is 54.9 Å². The summed E-state index contributed by atoms with van der Waals surface area (Å²) in [7, 11) is 0. The molecule has 0 bridgehead atoms. The molecule has 1 aromatic carbocycles. The smallest absolute Gasteiger partial charge is 0.278 e. The molecule has 2 aliphatic rings. The number of carbonyl (C=O) groups excluding carboxylic acids is 1. The van der Waals surface area contributed by atoms with Crippen LogP contribution in [0.4, 0.5) is 17.3 Å². The number of benzene rings is 1. The molecule has 9 heteroatoms. The highest BCUT2D eigenvalue weighted by molar-refractivity contribution is 6.07. The van der Waals surface area contributed by atoms with Gasteiger partial charge in [0.05, 0.1) is 6.54 Å². The van der Waals surface area contributed by atoms with Crippen LogP contribution in [0.5, 0.6) is 0 Å². The molecule has 0 radical (unpaired) electrons. The van der Waals surface area contributed by atoms with E-state index in [4.69, 9.17) is 5.10 Å². The number of piperazine rings is 1. The van der Waals surface area contributed by atoms with E-state index in [9.17, 15) is 4.79 Å². The van der Waals surface area contributed by atoms with Crippen LogP contribution in [0.25, 0.3) is 10.9 Å². The van der Waals surface area contributed by atoms with Crippen LogP contribution in [0, 0.1) is 0 Å². The predicted octanol–water partition coefficient (Wildman–Crippen LogP) is 3.10. The van der Waals surface area contributed by atoms with Crippen LogP contribution >= 0.6 is 0 Å². The summed E-state index contributed by atoms with van der Waals surface area (Å²) in [6.45, 7) is 9.23. The standard InChI is InChI=1S/C27H32N8O/c1-2-33-13-8-20-19-21(6-7-23(20)33)30-26-22-9-14-34(24-5-3-4-10-29-24)27(36)25(22)35(31-26)18-17-32-15-11-28-12-16-32/h3-8,10,13,19,28H,2,9,11-12,14-18H2,1H3,(H,30,31). The van der Waals surface area contributed by atoms with Gasteiger partial charge >= 0.3 is 0 Å². The number of aryl methyl sites for hydroxylation is 1. The summed E-state index contributed by atoms with van der Waals surface area (Å²) >= 11 is 0. The molecular formula is C27H32N8O. The average molecular weight is 485 g/mol. The van der Waals surface area contributed by atoms with Gasteiger partial charge in [-0.1, -0.05) is 6.07 Å². The van der Waals surface area contributed by atoms with Crippen molar-refractivity contribution >= 4 is 34.1 Å². The molecular weight excluding hydrogens is 452 g/mol. The lowest BCUT2D eigenvalue weighted by molar-refractivity contribution is 0.0967. The molecule has 3 aromatic heterocycles. The van der Waals surface area contributed by atoms with Crippen LogP contribution in [0.2, 0.25) is 0 Å². The maximum absolute atomic E-state index is 13.7. The van der Waals surface area contributed by atoms with E-state index in [1.54, 1.807) is 11.1 Å². The first-order valence-electron chi connectivity index (χ1n) is 12.8. The Morgan fingerprint density at radius 2 is 1.94 bits per heavy atom. The number of anilines is 3. The quantitative estimate of drug-likeness (QED) is 0.420. The SMILES string of the molecule is CCn1ccc2cc(Nc3nn(CCN4CCNCC4)c4c3CCN(c3ccccn3)C4=O)ccc21. The van der Waals surface area contributed by atoms with Gasteiger partial charge in [0.15, 0.2) is 5.82 Å². The second kappa shape index (κ2) is 9.75. The van der Waals surface area contributed by atoms with Crippen molar-refractivity contribution in [1.29, 1.82) is 0 Å². The van der Waals surface area contributed by atoms with Crippen molar-refractivity contribution in [2.24, 2.45) is 0 Å². The summed E-state index contributed by atoms with van der Waals surface area (Å²) in [4.78, 5) is 22.4. The van der Waals surface area contributed by atoms with Crippen molar-refractivity contribution < 1.29 is 4.79 Å². The number of hydrogen-bond acceptors (Lipinski definition) is 6. The van der Waals surface area contributed by atoms with Crippen LogP contribution in [-0.4, -0.2) is 69.4 Å². The van der Waals surface area contributed by atoms with E-state index < -0.39 is 0 Å². The lowest BCUT2D eigenvalue weighted by Gasteiger charge is -2.28. The first-order chi connectivity index (χ1) is 17.7. The molecule has 5 heterocycles. The first kappa shape index (κ1) is 22.8. The van der Waals surface area contributed by atoms with Gasteiger partial charge in [-0.05, 0) is 49.7 Å². The highest BCUT2D eigenvalue weighted by Crippen LogP contribution is 2.31. The molecule has 36 heavy (non-hydrogen) atoms. The van der Waals surface area contributed by atoms with Crippen molar-refractivity contribution in [2.75, 3.05) is 49.5 Å². The summed E-state index contributed by atoms with van der Waals surface area (Å²) < 4.78 is 4.14. The highest BCUT2D eigenvalue weighted by Gasteiger charge is 2.33. The Morgan fingerprint density at radius 3 is 2.75 bits per heavy atom. The van der Waals surface area contributed by atoms with Gasteiger partial charge in [0, 0.05) is 80.4 Å². The fourth-order valence-electron chi connectivity index (χ4n) is 5.28. The minimum absolute atomic E-state index is 0.0358. The molecule has 6 rings (SSSR count). The van der Waals surface area contributed by atoms with Gasteiger partial charge in [0.2, 0.25) is 0 Å². The Bertz CT molecular complexity index is 1370. The largest absolute Gasteiger partial charge is 0.348 e. The molecule has 186 valence electrons. The predicted molar refractivity (Wildman–Crippen MR) is 142 cm³/mol. The van der Waals surface area contributed by atoms with Crippen LogP contribution in [0.3, 0.4) is 0 Å². The average Bonchev–Trinajstić information content (AvgIpc) is 3.50. The van der Waals surface area contributed by atoms with Gasteiger partial charge in [-0.3, -0.25) is 19.3 Å². The molecule has 1 saturated heterocycles. The first-order valence-corrected chi connectivity index (χ1v) is 12.8. The Balaban J connectivity index is 1.32. The van der Waals surface area contributed by atoms with E-state index in [0.717, 1.165) is 62.8 Å². The third kappa shape index (κ3) is 4.25. The summed E-state index contributed by atoms with van der Waals surface area (Å²) in [6.07, 6.45) is 4.57. The van der Waals surface area contributed by atoms with Crippen LogP contribution in [0.1, 0.15) is 23.0 Å². The maximum atomic E-state index is 13.7. The zero-order chi connectivity index (χ0) is 24.5. The van der Waals surface area contributed by atoms with Gasteiger partial charge in [-0.15, -0.1) is 0 Å². The third-order valence-corrected chi connectivity index (χ3v) is 7.22. The summed E-state index contributed by atoms with van der Waals surface area (Å²) in [5, 5.41) is 13.1. The summed E-state index contributed by atoms with van der Waals surface area (Å²) in [6, 6.07) is 14.2. The normalized spacial score (nSPS) is 16.5. The molecule has 0 spiro atoms. The fourth-order valence-corrected chi connectivity index (χ4v) is 5.28. The molecule has 1 fully saturated rings. The number of fused-ring (bicyclic) bond motifs is 2. The van der Waals surface area contributed by atoms with E-state index in [1.807, 2.05) is 22.9 Å².